The number of alkyl halides is 3. The topological polar surface area (TPSA) is 37.0 Å². The molecule has 0 aliphatic heterocycles. The maximum absolute atomic E-state index is 13.8. The Morgan fingerprint density at radius 2 is 1.86 bits per heavy atom. The minimum absolute atomic E-state index is 0.182. The molecular weight excluding hydrogens is 394 g/mol. The Kier molecular flexibility index (Phi) is 6.36. The fourth-order valence-corrected chi connectivity index (χ4v) is 3.10. The smallest absolute Gasteiger partial charge is 0.384 e. The van der Waals surface area contributed by atoms with Gasteiger partial charge in [-0.15, -0.1) is 0 Å². The first kappa shape index (κ1) is 20.4. The van der Waals surface area contributed by atoms with Crippen LogP contribution in [0.1, 0.15) is 17.5 Å². The van der Waals surface area contributed by atoms with Gasteiger partial charge in [-0.05, 0) is 49.4 Å². The van der Waals surface area contributed by atoms with E-state index >= 15 is 0 Å². The van der Waals surface area contributed by atoms with Crippen LogP contribution in [0.15, 0.2) is 48.7 Å². The molecule has 0 unspecified atom stereocenters. The Labute approximate surface area is 164 Å². The van der Waals surface area contributed by atoms with Gasteiger partial charge in [-0.2, -0.15) is 13.2 Å². The maximum atomic E-state index is 13.8. The summed E-state index contributed by atoms with van der Waals surface area (Å²) < 4.78 is 52.7. The second kappa shape index (κ2) is 8.75. The highest BCUT2D eigenvalue weighted by Gasteiger charge is 2.34. The lowest BCUT2D eigenvalue weighted by Gasteiger charge is -2.14. The number of aromatic nitrogens is 1. The molecule has 0 saturated carbocycles. The molecule has 148 valence electrons. The number of hydrogen-bond acceptors (Lipinski definition) is 3. The third-order valence-electron chi connectivity index (χ3n) is 4.28. The molecule has 0 aliphatic carbocycles. The summed E-state index contributed by atoms with van der Waals surface area (Å²) in [4.78, 5) is 4.27. The van der Waals surface area contributed by atoms with Gasteiger partial charge in [0.05, 0.1) is 11.1 Å². The van der Waals surface area contributed by atoms with E-state index in [1.165, 1.54) is 0 Å². The van der Waals surface area contributed by atoms with Crippen LogP contribution in [0.25, 0.3) is 10.9 Å². The molecule has 3 rings (SSSR count). The van der Waals surface area contributed by atoms with Crippen molar-refractivity contribution in [2.24, 2.45) is 0 Å². The molecule has 1 heterocycles. The summed E-state index contributed by atoms with van der Waals surface area (Å²) in [6.07, 6.45) is -2.25. The number of rotatable bonds is 7. The van der Waals surface area contributed by atoms with Crippen molar-refractivity contribution in [3.8, 4) is 0 Å². The molecule has 8 heteroatoms. The molecule has 0 spiro atoms. The molecule has 0 fully saturated rings. The van der Waals surface area contributed by atoms with Gasteiger partial charge in [0.25, 0.3) is 0 Å². The van der Waals surface area contributed by atoms with E-state index in [1.807, 2.05) is 12.1 Å². The van der Waals surface area contributed by atoms with Crippen LogP contribution in [-0.2, 0) is 12.7 Å². The van der Waals surface area contributed by atoms with Crippen LogP contribution >= 0.6 is 11.6 Å². The van der Waals surface area contributed by atoms with Crippen LogP contribution in [0.3, 0.4) is 0 Å². The van der Waals surface area contributed by atoms with E-state index in [9.17, 15) is 17.6 Å². The number of nitrogens with zero attached hydrogens (tertiary/aromatic N) is 1. The molecule has 0 amide bonds. The number of fused-ring (bicyclic) bond motifs is 1. The van der Waals surface area contributed by atoms with Crippen molar-refractivity contribution in [3.05, 3.63) is 70.6 Å². The van der Waals surface area contributed by atoms with Crippen molar-refractivity contribution >= 4 is 28.2 Å². The third kappa shape index (κ3) is 4.91. The Balaban J connectivity index is 1.52. The lowest BCUT2D eigenvalue weighted by Crippen LogP contribution is -2.21. The summed E-state index contributed by atoms with van der Waals surface area (Å²) >= 11 is 5.97. The number of hydrogen-bond donors (Lipinski definition) is 2. The van der Waals surface area contributed by atoms with Gasteiger partial charge in [0.1, 0.15) is 5.82 Å². The van der Waals surface area contributed by atoms with Crippen molar-refractivity contribution in [2.45, 2.75) is 19.1 Å². The molecule has 0 bridgehead atoms. The summed E-state index contributed by atoms with van der Waals surface area (Å²) in [6.45, 7) is 0.851. The van der Waals surface area contributed by atoms with Gasteiger partial charge in [-0.25, -0.2) is 4.39 Å². The zero-order valence-electron chi connectivity index (χ0n) is 14.8. The first-order valence-electron chi connectivity index (χ1n) is 8.69. The quantitative estimate of drug-likeness (QED) is 0.390. The van der Waals surface area contributed by atoms with Crippen LogP contribution in [0, 0.1) is 5.82 Å². The van der Waals surface area contributed by atoms with Crippen molar-refractivity contribution < 1.29 is 17.6 Å². The van der Waals surface area contributed by atoms with Gasteiger partial charge in [0.15, 0.2) is 0 Å². The molecule has 3 aromatic rings. The van der Waals surface area contributed by atoms with Crippen molar-refractivity contribution in [1.29, 1.82) is 0 Å². The van der Waals surface area contributed by atoms with Gasteiger partial charge < -0.3 is 10.6 Å². The summed E-state index contributed by atoms with van der Waals surface area (Å²) in [5.74, 6) is -0.859. The summed E-state index contributed by atoms with van der Waals surface area (Å²) in [5, 5.41) is 7.69. The van der Waals surface area contributed by atoms with Crippen molar-refractivity contribution in [2.75, 3.05) is 18.4 Å². The highest BCUT2D eigenvalue weighted by molar-refractivity contribution is 6.31. The number of benzene rings is 2. The van der Waals surface area contributed by atoms with Gasteiger partial charge in [-0.1, -0.05) is 17.7 Å². The fourth-order valence-electron chi connectivity index (χ4n) is 2.93. The Bertz CT molecular complexity index is 960. The lowest BCUT2D eigenvalue weighted by molar-refractivity contribution is -0.138. The van der Waals surface area contributed by atoms with Crippen LogP contribution in [0.2, 0.25) is 5.02 Å². The SMILES string of the molecule is Fc1cccc(C(F)(F)F)c1CNCCCNc1ccnc2cc(Cl)ccc12. The molecule has 0 radical (unpaired) electrons. The van der Waals surface area contributed by atoms with Gasteiger partial charge in [0.2, 0.25) is 0 Å². The average Bonchev–Trinajstić information content (AvgIpc) is 2.64. The van der Waals surface area contributed by atoms with E-state index in [1.54, 1.807) is 18.3 Å². The lowest BCUT2D eigenvalue weighted by atomic mass is 10.1. The molecule has 2 N–H and O–H groups in total. The molecule has 0 aliphatic rings. The second-order valence-electron chi connectivity index (χ2n) is 6.24. The Morgan fingerprint density at radius 3 is 2.64 bits per heavy atom. The first-order chi connectivity index (χ1) is 13.4. The van der Waals surface area contributed by atoms with Gasteiger partial charge in [0, 0.05) is 40.9 Å². The van der Waals surface area contributed by atoms with E-state index in [2.05, 4.69) is 15.6 Å². The van der Waals surface area contributed by atoms with Gasteiger partial charge in [-0.3, -0.25) is 4.98 Å². The summed E-state index contributed by atoms with van der Waals surface area (Å²) in [6, 6.07) is 10.3. The predicted molar refractivity (Wildman–Crippen MR) is 103 cm³/mol. The largest absolute Gasteiger partial charge is 0.416 e. The number of halogens is 5. The monoisotopic (exact) mass is 411 g/mol. The number of anilines is 1. The van der Waals surface area contributed by atoms with Crippen molar-refractivity contribution in [3.63, 3.8) is 0 Å². The summed E-state index contributed by atoms with van der Waals surface area (Å²) in [7, 11) is 0. The summed E-state index contributed by atoms with van der Waals surface area (Å²) in [5.41, 5.74) is 0.366. The van der Waals surface area contributed by atoms with E-state index in [4.69, 9.17) is 11.6 Å². The van der Waals surface area contributed by atoms with Crippen LogP contribution in [0.5, 0.6) is 0 Å². The zero-order valence-corrected chi connectivity index (χ0v) is 15.5. The van der Waals surface area contributed by atoms with E-state index in [-0.39, 0.29) is 12.1 Å². The first-order valence-corrected chi connectivity index (χ1v) is 9.07. The number of nitrogens with one attached hydrogen (secondary N) is 2. The normalized spacial score (nSPS) is 11.8. The molecular formula is C20H18ClF4N3. The van der Waals surface area contributed by atoms with E-state index in [0.29, 0.717) is 24.5 Å². The molecule has 1 aromatic heterocycles. The number of pyridine rings is 1. The third-order valence-corrected chi connectivity index (χ3v) is 4.51. The molecule has 0 atom stereocenters. The standard InChI is InChI=1S/C20H18ClF4N3/c21-13-5-6-14-18(7-10-28-19(14)11-13)27-9-2-8-26-12-15-16(20(23,24)25)3-1-4-17(15)22/h1,3-7,10-11,26H,2,8-9,12H2,(H,27,28). The molecule has 3 nitrogen and oxygen atoms in total. The highest BCUT2D eigenvalue weighted by atomic mass is 35.5. The van der Waals surface area contributed by atoms with Crippen LogP contribution in [0.4, 0.5) is 23.2 Å². The Morgan fingerprint density at radius 1 is 1.04 bits per heavy atom. The predicted octanol–water partition coefficient (Wildman–Crippen LogP) is 5.64. The van der Waals surface area contributed by atoms with E-state index < -0.39 is 17.6 Å². The van der Waals surface area contributed by atoms with Crippen LogP contribution < -0.4 is 10.6 Å². The molecule has 0 saturated heterocycles. The molecule has 2 aromatic carbocycles. The average molecular weight is 412 g/mol. The van der Waals surface area contributed by atoms with Gasteiger partial charge >= 0.3 is 6.18 Å². The van der Waals surface area contributed by atoms with E-state index in [0.717, 1.165) is 34.8 Å². The minimum atomic E-state index is -4.58. The highest BCUT2D eigenvalue weighted by Crippen LogP contribution is 2.33. The minimum Gasteiger partial charge on any atom is -0.384 e. The molecule has 28 heavy (non-hydrogen) atoms. The zero-order chi connectivity index (χ0) is 20.1. The fraction of sp³-hybridized carbons (Fsp3) is 0.250. The second-order valence-corrected chi connectivity index (χ2v) is 6.68. The maximum Gasteiger partial charge on any atom is 0.416 e. The van der Waals surface area contributed by atoms with Crippen LogP contribution in [-0.4, -0.2) is 18.1 Å². The van der Waals surface area contributed by atoms with Crippen molar-refractivity contribution in [1.82, 2.24) is 10.3 Å². The Hall–Kier alpha value is -2.38.